The van der Waals surface area contributed by atoms with Gasteiger partial charge in [-0.25, -0.2) is 4.98 Å². The smallest absolute Gasteiger partial charge is 0.318 e. The number of hydrogen-bond acceptors (Lipinski definition) is 15. The van der Waals surface area contributed by atoms with Gasteiger partial charge in [0, 0.05) is 79.6 Å². The summed E-state index contributed by atoms with van der Waals surface area (Å²) in [4.78, 5) is 50.9. The zero-order valence-electron chi connectivity index (χ0n) is 41.7. The SMILES string of the molecule is C=C(Cn1c(CNc2nc(N3C[C@@H](C)N[C@@H](C)C3)nc3c(Br)cnn23)nc2cc(C)ccc21)C(=O)N1CCN(c2nc(OC[C@@H]3CCCN3C)nc3c2CCN(c2cccc4cccc(Cl)c24)C3)C[C@@H]1CC#N. The van der Waals surface area contributed by atoms with E-state index >= 15 is 0 Å². The van der Waals surface area contributed by atoms with Gasteiger partial charge in [-0.1, -0.05) is 48.5 Å². The number of piperazine rings is 2. The molecule has 4 atom stereocenters. The molecule has 18 nitrogen and oxygen atoms in total. The van der Waals surface area contributed by atoms with Gasteiger partial charge in [-0.3, -0.25) is 4.79 Å². The number of imidazole rings is 1. The van der Waals surface area contributed by atoms with Crippen LogP contribution in [0.5, 0.6) is 6.01 Å². The number of aromatic nitrogens is 8. The lowest BCUT2D eigenvalue weighted by atomic mass is 10.0. The molecular formula is C53H60BrClN16O2. The Labute approximate surface area is 438 Å². The number of likely N-dealkylation sites (tertiary alicyclic amines) is 1. The van der Waals surface area contributed by atoms with E-state index in [9.17, 15) is 10.1 Å². The first-order valence-corrected chi connectivity index (χ1v) is 26.4. The standard InChI is InChI=1S/C53H60BrClN16O2/c1-32-14-15-44-42(23-32)60-46(25-57-51-64-52(62-49-40(54)24-58-71(49)51)68-27-34(3)59-35(4)28-68)70(44)26-33(2)50(72)69-22-21-67(29-37(69)16-18-56)48-39-17-20-66(45-13-7-10-36-9-6-12-41(55)47(36)45)30-43(39)61-53(63-48)73-31-38-11-8-19-65(38)5/h6-7,9-10,12-15,23-24,34-35,37-38,59H,2,8,11,16-17,19-22,25-31H2,1,3-5H3,(H,57,62,64)/t34-,35+,37-,38-/m0/s1. The van der Waals surface area contributed by atoms with Gasteiger partial charge in [-0.15, -0.1) is 0 Å². The molecular weight excluding hydrogens is 1010 g/mol. The summed E-state index contributed by atoms with van der Waals surface area (Å²) in [7, 11) is 2.14. The van der Waals surface area contributed by atoms with E-state index in [-0.39, 0.29) is 43.5 Å². The average Bonchev–Trinajstić information content (AvgIpc) is 4.08. The Morgan fingerprint density at radius 1 is 0.973 bits per heavy atom. The fourth-order valence-corrected chi connectivity index (χ4v) is 11.8. The fraction of sp³-hybridized carbons (Fsp3) is 0.434. The quantitative estimate of drug-likeness (QED) is 0.111. The number of halogens is 2. The van der Waals surface area contributed by atoms with Gasteiger partial charge in [0.15, 0.2) is 5.65 Å². The van der Waals surface area contributed by atoms with Gasteiger partial charge in [0.05, 0.1) is 70.6 Å². The second kappa shape index (κ2) is 20.4. The van der Waals surface area contributed by atoms with Gasteiger partial charge in [-0.05, 0) is 105 Å². The Morgan fingerprint density at radius 3 is 2.59 bits per heavy atom. The second-order valence-corrected chi connectivity index (χ2v) is 21.4. The first-order valence-electron chi connectivity index (χ1n) is 25.3. The van der Waals surface area contributed by atoms with Gasteiger partial charge >= 0.3 is 6.01 Å². The van der Waals surface area contributed by atoms with Crippen molar-refractivity contribution in [1.82, 2.24) is 54.2 Å². The molecule has 4 aliphatic rings. The molecule has 0 radical (unpaired) electrons. The minimum atomic E-state index is -0.421. The number of carbonyl (C=O) groups excluding carboxylic acids is 1. The molecule has 1 amide bonds. The van der Waals surface area contributed by atoms with E-state index in [2.05, 4.69) is 109 Å². The van der Waals surface area contributed by atoms with Crippen LogP contribution in [-0.4, -0.2) is 138 Å². The molecule has 2 N–H and O–H groups in total. The van der Waals surface area contributed by atoms with E-state index in [0.29, 0.717) is 79.2 Å². The molecule has 4 aliphatic heterocycles. The molecule has 0 bridgehead atoms. The molecule has 4 aromatic heterocycles. The molecule has 7 aromatic rings. The van der Waals surface area contributed by atoms with Crippen molar-refractivity contribution in [2.45, 2.75) is 90.3 Å². The maximum Gasteiger partial charge on any atom is 0.318 e. The molecule has 20 heteroatoms. The van der Waals surface area contributed by atoms with Crippen molar-refractivity contribution in [2.24, 2.45) is 0 Å². The Hall–Kier alpha value is -6.59. The van der Waals surface area contributed by atoms with Crippen LogP contribution in [0.2, 0.25) is 5.02 Å². The second-order valence-electron chi connectivity index (χ2n) is 20.1. The molecule has 0 spiro atoms. The summed E-state index contributed by atoms with van der Waals surface area (Å²) < 4.78 is 11.0. The van der Waals surface area contributed by atoms with Crippen LogP contribution in [0.15, 0.2) is 77.4 Å². The molecule has 8 heterocycles. The number of fused-ring (bicyclic) bond motifs is 4. The Morgan fingerprint density at radius 2 is 1.79 bits per heavy atom. The van der Waals surface area contributed by atoms with Crippen molar-refractivity contribution in [3.05, 3.63) is 105 Å². The highest BCUT2D eigenvalue weighted by atomic mass is 79.9. The molecule has 378 valence electrons. The van der Waals surface area contributed by atoms with Crippen LogP contribution in [0.1, 0.15) is 55.8 Å². The predicted octanol–water partition coefficient (Wildman–Crippen LogP) is 7.16. The summed E-state index contributed by atoms with van der Waals surface area (Å²) in [6.45, 7) is 16.9. The normalized spacial score (nSPS) is 20.5. The van der Waals surface area contributed by atoms with Crippen LogP contribution in [0.25, 0.3) is 27.5 Å². The highest BCUT2D eigenvalue weighted by Crippen LogP contribution is 2.38. The van der Waals surface area contributed by atoms with E-state index in [4.69, 9.17) is 41.3 Å². The third-order valence-electron chi connectivity index (χ3n) is 14.8. The maximum atomic E-state index is 14.8. The molecule has 3 saturated heterocycles. The number of amides is 1. The molecule has 0 aliphatic carbocycles. The molecule has 0 saturated carbocycles. The fourth-order valence-electron chi connectivity index (χ4n) is 11.2. The zero-order valence-corrected chi connectivity index (χ0v) is 44.1. The van der Waals surface area contributed by atoms with Gasteiger partial charge in [-0.2, -0.15) is 34.8 Å². The Bertz CT molecular complexity index is 3280. The van der Waals surface area contributed by atoms with Gasteiger partial charge in [0.2, 0.25) is 11.9 Å². The Balaban J connectivity index is 0.844. The van der Waals surface area contributed by atoms with Crippen LogP contribution in [0, 0.1) is 18.3 Å². The third-order valence-corrected chi connectivity index (χ3v) is 15.7. The topological polar surface area (TPSA) is 177 Å². The van der Waals surface area contributed by atoms with Crippen molar-refractivity contribution in [2.75, 3.05) is 79.5 Å². The molecule has 0 unspecified atom stereocenters. The number of rotatable bonds is 13. The number of benzene rings is 3. The number of carbonyl (C=O) groups is 1. The number of anilines is 4. The minimum Gasteiger partial charge on any atom is -0.462 e. The van der Waals surface area contributed by atoms with Crippen LogP contribution in [0.3, 0.4) is 0 Å². The monoisotopic (exact) mass is 1070 g/mol. The van der Waals surface area contributed by atoms with Crippen LogP contribution >= 0.6 is 27.5 Å². The van der Waals surface area contributed by atoms with Crippen LogP contribution < -0.4 is 30.1 Å². The van der Waals surface area contributed by atoms with Crippen LogP contribution in [-0.2, 0) is 30.8 Å². The number of likely N-dealkylation sites (N-methyl/N-ethyl adjacent to an activating group) is 1. The molecule has 11 rings (SSSR count). The lowest BCUT2D eigenvalue weighted by Gasteiger charge is -2.42. The number of nitrogens with one attached hydrogen (secondary N) is 2. The Kier molecular flexibility index (Phi) is 13.6. The van der Waals surface area contributed by atoms with E-state index in [0.717, 1.165) is 93.6 Å². The summed E-state index contributed by atoms with van der Waals surface area (Å²) >= 11 is 10.5. The summed E-state index contributed by atoms with van der Waals surface area (Å²) in [5, 5.41) is 24.8. The summed E-state index contributed by atoms with van der Waals surface area (Å²) in [6, 6.07) is 21.6. The number of hydrogen-bond donors (Lipinski definition) is 2. The number of nitriles is 1. The van der Waals surface area contributed by atoms with Crippen LogP contribution in [0.4, 0.5) is 23.4 Å². The van der Waals surface area contributed by atoms with E-state index in [1.165, 1.54) is 0 Å². The number of nitrogens with zero attached hydrogens (tertiary/aromatic N) is 14. The van der Waals surface area contributed by atoms with E-state index in [1.807, 2.05) is 46.7 Å². The first-order chi connectivity index (χ1) is 35.4. The van der Waals surface area contributed by atoms with E-state index in [1.54, 1.807) is 10.7 Å². The van der Waals surface area contributed by atoms with Gasteiger partial charge < -0.3 is 44.4 Å². The highest BCUT2D eigenvalue weighted by Gasteiger charge is 2.36. The van der Waals surface area contributed by atoms with Crippen molar-refractivity contribution >= 4 is 84.3 Å². The number of ether oxygens (including phenoxy) is 1. The van der Waals surface area contributed by atoms with Crippen molar-refractivity contribution in [3.8, 4) is 12.1 Å². The van der Waals surface area contributed by atoms with Crippen molar-refractivity contribution in [1.29, 1.82) is 5.26 Å². The lowest BCUT2D eigenvalue weighted by Crippen LogP contribution is -2.56. The van der Waals surface area contributed by atoms with E-state index < -0.39 is 6.04 Å². The van der Waals surface area contributed by atoms with Crippen molar-refractivity contribution < 1.29 is 9.53 Å². The predicted molar refractivity (Wildman–Crippen MR) is 289 cm³/mol. The molecule has 73 heavy (non-hydrogen) atoms. The molecule has 3 aromatic carbocycles. The van der Waals surface area contributed by atoms with Gasteiger partial charge in [0.25, 0.3) is 5.91 Å². The number of aryl methyl sites for hydroxylation is 1. The summed E-state index contributed by atoms with van der Waals surface area (Å²) in [5.41, 5.74) is 6.82. The summed E-state index contributed by atoms with van der Waals surface area (Å²) in [5.74, 6) is 2.43. The lowest BCUT2D eigenvalue weighted by molar-refractivity contribution is -0.129. The van der Waals surface area contributed by atoms with Gasteiger partial charge in [0.1, 0.15) is 18.2 Å². The van der Waals surface area contributed by atoms with Crippen molar-refractivity contribution in [3.63, 3.8) is 0 Å². The third kappa shape index (κ3) is 9.73. The highest BCUT2D eigenvalue weighted by molar-refractivity contribution is 9.10. The molecule has 3 fully saturated rings. The minimum absolute atomic E-state index is 0.142. The first kappa shape index (κ1) is 48.7. The largest absolute Gasteiger partial charge is 0.462 e. The zero-order chi connectivity index (χ0) is 50.5. The maximum absolute atomic E-state index is 14.8. The average molecular weight is 1070 g/mol. The summed E-state index contributed by atoms with van der Waals surface area (Å²) in [6.07, 6.45) is 4.75.